The maximum Gasteiger partial charge on any atom is 0.320 e. The molecule has 88 valence electrons. The minimum atomic E-state index is -0.967. The van der Waals surface area contributed by atoms with Crippen LogP contribution in [-0.2, 0) is 11.2 Å². The van der Waals surface area contributed by atoms with Gasteiger partial charge in [-0.3, -0.25) is 4.79 Å². The molecule has 0 aliphatic heterocycles. The molecule has 3 N–H and O–H groups in total. The van der Waals surface area contributed by atoms with E-state index in [9.17, 15) is 4.79 Å². The molecule has 4 heteroatoms. The first-order valence-electron chi connectivity index (χ1n) is 5.28. The van der Waals surface area contributed by atoms with Crippen LogP contribution in [0.2, 0.25) is 0 Å². The summed E-state index contributed by atoms with van der Waals surface area (Å²) in [6, 6.07) is 10.9. The van der Waals surface area contributed by atoms with E-state index in [1.165, 1.54) is 0 Å². The van der Waals surface area contributed by atoms with Crippen LogP contribution >= 0.6 is 11.3 Å². The van der Waals surface area contributed by atoms with Gasteiger partial charge in [-0.1, -0.05) is 30.3 Å². The highest BCUT2D eigenvalue weighted by Crippen LogP contribution is 2.28. The van der Waals surface area contributed by atoms with Gasteiger partial charge in [0.05, 0.1) is 0 Å². The quantitative estimate of drug-likeness (QED) is 0.871. The Bertz CT molecular complexity index is 508. The van der Waals surface area contributed by atoms with Gasteiger partial charge in [0.15, 0.2) is 0 Å². The van der Waals surface area contributed by atoms with Gasteiger partial charge >= 0.3 is 5.97 Å². The molecule has 17 heavy (non-hydrogen) atoms. The van der Waals surface area contributed by atoms with Crippen LogP contribution < -0.4 is 5.73 Å². The largest absolute Gasteiger partial charge is 0.480 e. The summed E-state index contributed by atoms with van der Waals surface area (Å²) in [4.78, 5) is 11.9. The van der Waals surface area contributed by atoms with Crippen LogP contribution in [0.3, 0.4) is 0 Å². The molecule has 0 fully saturated rings. The predicted molar refractivity (Wildman–Crippen MR) is 69.1 cm³/mol. The van der Waals surface area contributed by atoms with Crippen molar-refractivity contribution >= 4 is 17.3 Å². The topological polar surface area (TPSA) is 63.3 Å². The first-order valence-corrected chi connectivity index (χ1v) is 6.16. The van der Waals surface area contributed by atoms with Crippen LogP contribution in [0.1, 0.15) is 5.56 Å². The van der Waals surface area contributed by atoms with Crippen molar-refractivity contribution in [1.82, 2.24) is 0 Å². The molecule has 0 radical (unpaired) electrons. The Kier molecular flexibility index (Phi) is 3.56. The van der Waals surface area contributed by atoms with E-state index >= 15 is 0 Å². The summed E-state index contributed by atoms with van der Waals surface area (Å²) in [6.45, 7) is 0. The monoisotopic (exact) mass is 247 g/mol. The number of rotatable bonds is 4. The van der Waals surface area contributed by atoms with Crippen LogP contribution in [-0.4, -0.2) is 17.1 Å². The van der Waals surface area contributed by atoms with E-state index in [2.05, 4.69) is 0 Å². The number of carboxylic acids is 1. The van der Waals surface area contributed by atoms with E-state index in [4.69, 9.17) is 10.8 Å². The maximum absolute atomic E-state index is 10.8. The normalized spacial score (nSPS) is 12.3. The van der Waals surface area contributed by atoms with Crippen LogP contribution in [0, 0.1) is 0 Å². The zero-order chi connectivity index (χ0) is 12.3. The number of carboxylic acid groups (broad SMARTS) is 1. The summed E-state index contributed by atoms with van der Waals surface area (Å²) in [5, 5.41) is 10.8. The standard InChI is InChI=1S/C13H13NO2S/c14-11(13(15)16)8-9-4-1-2-5-10(9)12-6-3-7-17-12/h1-7,11H,8,14H2,(H,15,16). The molecular formula is C13H13NO2S. The number of carbonyl (C=O) groups is 1. The van der Waals surface area contributed by atoms with Crippen LogP contribution in [0.25, 0.3) is 10.4 Å². The summed E-state index contributed by atoms with van der Waals surface area (Å²) in [7, 11) is 0. The molecule has 1 aromatic heterocycles. The third-order valence-electron chi connectivity index (χ3n) is 2.56. The molecule has 0 saturated carbocycles. The molecule has 1 unspecified atom stereocenters. The lowest BCUT2D eigenvalue weighted by Gasteiger charge is -2.10. The van der Waals surface area contributed by atoms with Crippen molar-refractivity contribution in [3.05, 3.63) is 47.3 Å². The molecule has 0 spiro atoms. The minimum absolute atomic E-state index is 0.351. The van der Waals surface area contributed by atoms with E-state index in [1.807, 2.05) is 41.8 Å². The molecule has 2 rings (SSSR count). The second-order valence-electron chi connectivity index (χ2n) is 3.78. The van der Waals surface area contributed by atoms with Crippen LogP contribution in [0.4, 0.5) is 0 Å². The van der Waals surface area contributed by atoms with Crippen molar-refractivity contribution in [1.29, 1.82) is 0 Å². The number of nitrogens with two attached hydrogens (primary N) is 1. The highest BCUT2D eigenvalue weighted by molar-refractivity contribution is 7.13. The van der Waals surface area contributed by atoms with Gasteiger partial charge in [-0.15, -0.1) is 11.3 Å². The molecule has 2 aromatic rings. The fourth-order valence-electron chi connectivity index (χ4n) is 1.69. The Morgan fingerprint density at radius 1 is 1.29 bits per heavy atom. The third kappa shape index (κ3) is 2.72. The van der Waals surface area contributed by atoms with Crippen molar-refractivity contribution in [2.75, 3.05) is 0 Å². The Morgan fingerprint density at radius 2 is 2.06 bits per heavy atom. The number of thiophene rings is 1. The molecule has 0 aliphatic carbocycles. The number of hydrogen-bond donors (Lipinski definition) is 2. The van der Waals surface area contributed by atoms with Crippen LogP contribution in [0.5, 0.6) is 0 Å². The van der Waals surface area contributed by atoms with Gasteiger partial charge in [0, 0.05) is 4.88 Å². The SMILES string of the molecule is NC(Cc1ccccc1-c1cccs1)C(=O)O. The van der Waals surface area contributed by atoms with E-state index in [0.717, 1.165) is 16.0 Å². The molecule has 0 bridgehead atoms. The van der Waals surface area contributed by atoms with Crippen molar-refractivity contribution in [3.8, 4) is 10.4 Å². The average molecular weight is 247 g/mol. The lowest BCUT2D eigenvalue weighted by Crippen LogP contribution is -2.32. The zero-order valence-electron chi connectivity index (χ0n) is 9.17. The van der Waals surface area contributed by atoms with E-state index in [-0.39, 0.29) is 0 Å². The van der Waals surface area contributed by atoms with E-state index in [1.54, 1.807) is 11.3 Å². The Labute approximate surface area is 104 Å². The number of hydrogen-bond acceptors (Lipinski definition) is 3. The number of aliphatic carboxylic acids is 1. The summed E-state index contributed by atoms with van der Waals surface area (Å²) in [6.07, 6.45) is 0.351. The van der Waals surface area contributed by atoms with Gasteiger partial charge in [0.1, 0.15) is 6.04 Å². The summed E-state index contributed by atoms with van der Waals surface area (Å²) in [5.41, 5.74) is 7.62. The highest BCUT2D eigenvalue weighted by Gasteiger charge is 2.14. The lowest BCUT2D eigenvalue weighted by atomic mass is 10.00. The van der Waals surface area contributed by atoms with Gasteiger partial charge in [-0.2, -0.15) is 0 Å². The molecule has 1 atom stereocenters. The fraction of sp³-hybridized carbons (Fsp3) is 0.154. The molecular weight excluding hydrogens is 234 g/mol. The minimum Gasteiger partial charge on any atom is -0.480 e. The molecule has 0 saturated heterocycles. The Hall–Kier alpha value is -1.65. The predicted octanol–water partition coefficient (Wildman–Crippen LogP) is 2.37. The first-order chi connectivity index (χ1) is 8.18. The van der Waals surface area contributed by atoms with E-state index < -0.39 is 12.0 Å². The Morgan fingerprint density at radius 3 is 2.71 bits per heavy atom. The lowest BCUT2D eigenvalue weighted by molar-refractivity contribution is -0.138. The number of benzene rings is 1. The molecule has 1 aromatic carbocycles. The first kappa shape index (κ1) is 11.8. The van der Waals surface area contributed by atoms with Gasteiger partial charge < -0.3 is 10.8 Å². The van der Waals surface area contributed by atoms with Crippen molar-refractivity contribution in [2.24, 2.45) is 5.73 Å². The smallest absolute Gasteiger partial charge is 0.320 e. The molecule has 1 heterocycles. The van der Waals surface area contributed by atoms with Gasteiger partial charge in [0.25, 0.3) is 0 Å². The van der Waals surface area contributed by atoms with Gasteiger partial charge in [0.2, 0.25) is 0 Å². The molecule has 0 aliphatic rings. The van der Waals surface area contributed by atoms with Crippen molar-refractivity contribution in [2.45, 2.75) is 12.5 Å². The van der Waals surface area contributed by atoms with Crippen molar-refractivity contribution in [3.63, 3.8) is 0 Å². The maximum atomic E-state index is 10.8. The molecule has 0 amide bonds. The molecule has 3 nitrogen and oxygen atoms in total. The second-order valence-corrected chi connectivity index (χ2v) is 4.73. The Balaban J connectivity index is 2.32. The highest BCUT2D eigenvalue weighted by atomic mass is 32.1. The van der Waals surface area contributed by atoms with Crippen LogP contribution in [0.15, 0.2) is 41.8 Å². The summed E-state index contributed by atoms with van der Waals surface area (Å²) >= 11 is 1.64. The summed E-state index contributed by atoms with van der Waals surface area (Å²) < 4.78 is 0. The second kappa shape index (κ2) is 5.12. The third-order valence-corrected chi connectivity index (χ3v) is 3.46. The zero-order valence-corrected chi connectivity index (χ0v) is 9.98. The van der Waals surface area contributed by atoms with Gasteiger partial charge in [-0.25, -0.2) is 0 Å². The van der Waals surface area contributed by atoms with Crippen molar-refractivity contribution < 1.29 is 9.90 Å². The fourth-order valence-corrected chi connectivity index (χ4v) is 2.48. The summed E-state index contributed by atoms with van der Waals surface area (Å²) in [5.74, 6) is -0.967. The average Bonchev–Trinajstić information content (AvgIpc) is 2.83. The van der Waals surface area contributed by atoms with E-state index in [0.29, 0.717) is 6.42 Å². The van der Waals surface area contributed by atoms with Gasteiger partial charge in [-0.05, 0) is 29.0 Å².